The largest absolute Gasteiger partial charge is 0.497 e. The quantitative estimate of drug-likeness (QED) is 0.218. The molecule has 8 nitrogen and oxygen atoms in total. The predicted octanol–water partition coefficient (Wildman–Crippen LogP) is 3.61. The molecule has 0 spiro atoms. The summed E-state index contributed by atoms with van der Waals surface area (Å²) in [6.45, 7) is 1.89. The van der Waals surface area contributed by atoms with Crippen LogP contribution in [0.2, 0.25) is 0 Å². The summed E-state index contributed by atoms with van der Waals surface area (Å²) in [5.74, 6) is -0.167. The van der Waals surface area contributed by atoms with Gasteiger partial charge in [-0.1, -0.05) is 12.1 Å². The van der Waals surface area contributed by atoms with Crippen LogP contribution in [0.5, 0.6) is 5.75 Å². The second-order valence-electron chi connectivity index (χ2n) is 6.03. The Morgan fingerprint density at radius 3 is 2.46 bits per heavy atom. The normalized spacial score (nSPS) is 11.4. The number of nitrogens with one attached hydrogen (secondary N) is 1. The van der Waals surface area contributed by atoms with Crippen LogP contribution in [-0.4, -0.2) is 36.4 Å². The molecule has 0 heterocycles. The van der Waals surface area contributed by atoms with Crippen LogP contribution in [0.1, 0.15) is 30.1 Å². The fraction of sp³-hybridized carbons (Fsp3) is 0.300. The molecule has 0 saturated heterocycles. The second kappa shape index (κ2) is 10.1. The average molecular weight is 386 g/mol. The highest BCUT2D eigenvalue weighted by atomic mass is 16.6. The van der Waals surface area contributed by atoms with Crippen LogP contribution in [0.4, 0.5) is 11.4 Å². The first-order chi connectivity index (χ1) is 13.4. The fourth-order valence-electron chi connectivity index (χ4n) is 2.54. The van der Waals surface area contributed by atoms with E-state index in [2.05, 4.69) is 5.32 Å². The molecule has 0 saturated carbocycles. The third kappa shape index (κ3) is 5.80. The van der Waals surface area contributed by atoms with Crippen LogP contribution in [0, 0.1) is 10.1 Å². The van der Waals surface area contributed by atoms with Gasteiger partial charge in [-0.2, -0.15) is 0 Å². The molecule has 8 heteroatoms. The van der Waals surface area contributed by atoms with Gasteiger partial charge < -0.3 is 14.8 Å². The van der Waals surface area contributed by atoms with Crippen molar-refractivity contribution in [2.75, 3.05) is 19.0 Å². The molecular formula is C20H22N2O6. The SMILES string of the molecule is COc1ccc(C(=O)[C@@H](C)OC(=O)CCCNc2ccccc2[N+](=O)[O-])cc1. The summed E-state index contributed by atoms with van der Waals surface area (Å²) in [5.41, 5.74) is 0.798. The molecule has 0 aliphatic rings. The van der Waals surface area contributed by atoms with Gasteiger partial charge in [-0.3, -0.25) is 19.7 Å². The number of rotatable bonds is 10. The maximum absolute atomic E-state index is 12.3. The van der Waals surface area contributed by atoms with E-state index in [-0.39, 0.29) is 17.9 Å². The molecule has 1 atom stereocenters. The van der Waals surface area contributed by atoms with Gasteiger partial charge in [0.05, 0.1) is 12.0 Å². The monoisotopic (exact) mass is 386 g/mol. The van der Waals surface area contributed by atoms with Crippen molar-refractivity contribution in [3.63, 3.8) is 0 Å². The molecule has 0 aromatic heterocycles. The maximum atomic E-state index is 12.3. The summed E-state index contributed by atoms with van der Waals surface area (Å²) < 4.78 is 10.2. The highest BCUT2D eigenvalue weighted by molar-refractivity contribution is 6.00. The standard InChI is InChI=1S/C20H22N2O6/c1-14(20(24)15-9-11-16(27-2)12-10-15)28-19(23)8-5-13-21-17-6-3-4-7-18(17)22(25)26/h3-4,6-7,9-12,14,21H,5,8,13H2,1-2H3/t14-/m1/s1. The first kappa shape index (κ1) is 20.9. The number of para-hydroxylation sites is 2. The summed E-state index contributed by atoms with van der Waals surface area (Å²) in [4.78, 5) is 34.7. The zero-order valence-electron chi connectivity index (χ0n) is 15.7. The van der Waals surface area contributed by atoms with Crippen molar-refractivity contribution in [2.45, 2.75) is 25.9 Å². The average Bonchev–Trinajstić information content (AvgIpc) is 2.70. The number of ether oxygens (including phenoxy) is 2. The van der Waals surface area contributed by atoms with Crippen LogP contribution < -0.4 is 10.1 Å². The van der Waals surface area contributed by atoms with Gasteiger partial charge in [-0.25, -0.2) is 0 Å². The molecule has 0 bridgehead atoms. The minimum absolute atomic E-state index is 0.0243. The summed E-state index contributed by atoms with van der Waals surface area (Å²) in [7, 11) is 1.53. The van der Waals surface area contributed by atoms with Crippen LogP contribution in [0.3, 0.4) is 0 Å². The number of ketones is 1. The van der Waals surface area contributed by atoms with E-state index in [0.29, 0.717) is 30.0 Å². The number of Topliss-reactive ketones (excluding diaryl/α,β-unsaturated/α-hetero) is 1. The number of hydrogen-bond acceptors (Lipinski definition) is 7. The minimum Gasteiger partial charge on any atom is -0.497 e. The number of anilines is 1. The zero-order chi connectivity index (χ0) is 20.5. The molecule has 2 aromatic carbocycles. The van der Waals surface area contributed by atoms with Crippen LogP contribution >= 0.6 is 0 Å². The topological polar surface area (TPSA) is 108 Å². The number of nitro benzene ring substituents is 1. The Balaban J connectivity index is 1.77. The Bertz CT molecular complexity index is 835. The third-order valence-electron chi connectivity index (χ3n) is 4.03. The maximum Gasteiger partial charge on any atom is 0.306 e. The van der Waals surface area contributed by atoms with E-state index in [1.54, 1.807) is 42.5 Å². The van der Waals surface area contributed by atoms with Crippen molar-refractivity contribution in [3.8, 4) is 5.75 Å². The van der Waals surface area contributed by atoms with Gasteiger partial charge in [0.2, 0.25) is 5.78 Å². The number of methoxy groups -OCH3 is 1. The molecule has 0 unspecified atom stereocenters. The van der Waals surface area contributed by atoms with Gasteiger partial charge in [0.15, 0.2) is 6.10 Å². The molecule has 148 valence electrons. The van der Waals surface area contributed by atoms with E-state index in [9.17, 15) is 19.7 Å². The lowest BCUT2D eigenvalue weighted by atomic mass is 10.1. The van der Waals surface area contributed by atoms with Gasteiger partial charge in [0.1, 0.15) is 11.4 Å². The van der Waals surface area contributed by atoms with Gasteiger partial charge in [0, 0.05) is 24.6 Å². The van der Waals surface area contributed by atoms with E-state index >= 15 is 0 Å². The summed E-state index contributed by atoms with van der Waals surface area (Å²) >= 11 is 0. The Morgan fingerprint density at radius 2 is 1.82 bits per heavy atom. The molecule has 2 aromatic rings. The first-order valence-electron chi connectivity index (χ1n) is 8.77. The number of esters is 1. The van der Waals surface area contributed by atoms with Crippen LogP contribution in [0.25, 0.3) is 0 Å². The zero-order valence-corrected chi connectivity index (χ0v) is 15.7. The highest BCUT2D eigenvalue weighted by Crippen LogP contribution is 2.23. The Morgan fingerprint density at radius 1 is 1.14 bits per heavy atom. The molecule has 1 N–H and O–H groups in total. The van der Waals surface area contributed by atoms with E-state index in [1.165, 1.54) is 20.1 Å². The molecule has 0 fully saturated rings. The highest BCUT2D eigenvalue weighted by Gasteiger charge is 2.19. The number of nitrogens with zero attached hydrogens (tertiary/aromatic N) is 1. The van der Waals surface area contributed by atoms with Crippen molar-refractivity contribution in [1.29, 1.82) is 0 Å². The third-order valence-corrected chi connectivity index (χ3v) is 4.03. The summed E-state index contributed by atoms with van der Waals surface area (Å²) in [6, 6.07) is 12.8. The van der Waals surface area contributed by atoms with Crippen molar-refractivity contribution in [3.05, 3.63) is 64.2 Å². The fourth-order valence-corrected chi connectivity index (χ4v) is 2.54. The molecular weight excluding hydrogens is 364 g/mol. The lowest BCUT2D eigenvalue weighted by molar-refractivity contribution is -0.384. The molecule has 0 aliphatic heterocycles. The number of carbonyl (C=O) groups is 2. The van der Waals surface area contributed by atoms with Crippen molar-refractivity contribution < 1.29 is 24.0 Å². The van der Waals surface area contributed by atoms with Gasteiger partial charge >= 0.3 is 5.97 Å². The second-order valence-corrected chi connectivity index (χ2v) is 6.03. The molecule has 2 rings (SSSR count). The molecule has 0 aliphatic carbocycles. The van der Waals surface area contributed by atoms with E-state index in [0.717, 1.165) is 0 Å². The first-order valence-corrected chi connectivity index (χ1v) is 8.77. The van der Waals surface area contributed by atoms with Crippen LogP contribution in [-0.2, 0) is 9.53 Å². The van der Waals surface area contributed by atoms with Crippen molar-refractivity contribution in [1.82, 2.24) is 0 Å². The molecule has 0 amide bonds. The Labute approximate surface area is 162 Å². The van der Waals surface area contributed by atoms with Crippen LogP contribution in [0.15, 0.2) is 48.5 Å². The number of carbonyl (C=O) groups excluding carboxylic acids is 2. The predicted molar refractivity (Wildman–Crippen MR) is 104 cm³/mol. The number of hydrogen-bond donors (Lipinski definition) is 1. The Kier molecular flexibility index (Phi) is 7.50. The Hall–Kier alpha value is -3.42. The van der Waals surface area contributed by atoms with Crippen molar-refractivity contribution in [2.24, 2.45) is 0 Å². The minimum atomic E-state index is -0.899. The smallest absolute Gasteiger partial charge is 0.306 e. The lowest BCUT2D eigenvalue weighted by Crippen LogP contribution is -2.24. The number of benzene rings is 2. The van der Waals surface area contributed by atoms with Gasteiger partial charge in [-0.15, -0.1) is 0 Å². The van der Waals surface area contributed by atoms with E-state index in [1.807, 2.05) is 0 Å². The summed E-state index contributed by atoms with van der Waals surface area (Å²) in [5, 5.41) is 13.9. The molecule has 28 heavy (non-hydrogen) atoms. The lowest BCUT2D eigenvalue weighted by Gasteiger charge is -2.13. The summed E-state index contributed by atoms with van der Waals surface area (Å²) in [6.07, 6.45) is -0.397. The van der Waals surface area contributed by atoms with Gasteiger partial charge in [0.25, 0.3) is 5.69 Å². The van der Waals surface area contributed by atoms with E-state index in [4.69, 9.17) is 9.47 Å². The van der Waals surface area contributed by atoms with Gasteiger partial charge in [-0.05, 0) is 43.7 Å². The van der Waals surface area contributed by atoms with E-state index < -0.39 is 17.0 Å². The number of nitro groups is 1. The van der Waals surface area contributed by atoms with Crippen molar-refractivity contribution >= 4 is 23.1 Å². The molecule has 0 radical (unpaired) electrons.